The van der Waals surface area contributed by atoms with Gasteiger partial charge in [-0.25, -0.2) is 0 Å². The fourth-order valence-corrected chi connectivity index (χ4v) is 2.98. The lowest BCUT2D eigenvalue weighted by atomic mass is 10.1. The molecule has 0 spiro atoms. The highest BCUT2D eigenvalue weighted by Gasteiger charge is 2.25. The molecule has 0 amide bonds. The van der Waals surface area contributed by atoms with E-state index in [4.69, 9.17) is 0 Å². The third-order valence-corrected chi connectivity index (χ3v) is 4.13. The largest absolute Gasteiger partial charge is 0.387 e. The number of nitrogens with one attached hydrogen (secondary N) is 1. The quantitative estimate of drug-likeness (QED) is 0.851. The molecule has 0 unspecified atom stereocenters. The smallest absolute Gasteiger partial charge is 0.151 e. The third kappa shape index (κ3) is 3.61. The summed E-state index contributed by atoms with van der Waals surface area (Å²) in [7, 11) is 0. The Kier molecular flexibility index (Phi) is 4.98. The van der Waals surface area contributed by atoms with Crippen LogP contribution < -0.4 is 10.2 Å². The van der Waals surface area contributed by atoms with E-state index in [1.807, 2.05) is 42.5 Å². The van der Waals surface area contributed by atoms with Crippen LogP contribution in [0.3, 0.4) is 0 Å². The number of nitrogens with zero attached hydrogens (tertiary/aromatic N) is 3. The Morgan fingerprint density at radius 3 is 2.86 bits per heavy atom. The second-order valence-corrected chi connectivity index (χ2v) is 5.66. The zero-order valence-electron chi connectivity index (χ0n) is 12.6. The minimum Gasteiger partial charge on any atom is -0.387 e. The van der Waals surface area contributed by atoms with Gasteiger partial charge in [0.05, 0.1) is 6.10 Å². The highest BCUT2D eigenvalue weighted by molar-refractivity contribution is 5.39. The zero-order chi connectivity index (χ0) is 15.2. The summed E-state index contributed by atoms with van der Waals surface area (Å²) in [6.45, 7) is 2.43. The number of benzene rings is 1. The van der Waals surface area contributed by atoms with Crippen LogP contribution in [0.5, 0.6) is 0 Å². The summed E-state index contributed by atoms with van der Waals surface area (Å²) in [5.41, 5.74) is 0.951. The maximum atomic E-state index is 10.2. The highest BCUT2D eigenvalue weighted by Crippen LogP contribution is 2.22. The van der Waals surface area contributed by atoms with Gasteiger partial charge in [-0.1, -0.05) is 30.3 Å². The molecule has 5 nitrogen and oxygen atoms in total. The van der Waals surface area contributed by atoms with Gasteiger partial charge in [-0.3, -0.25) is 0 Å². The van der Waals surface area contributed by atoms with Gasteiger partial charge in [-0.2, -0.15) is 5.10 Å². The van der Waals surface area contributed by atoms with E-state index in [0.29, 0.717) is 12.6 Å². The SMILES string of the molecule is O[C@@H](CNC[C@H]1CCCN1c1cccnn1)c1ccccc1. The molecule has 2 N–H and O–H groups in total. The summed E-state index contributed by atoms with van der Waals surface area (Å²) in [4.78, 5) is 2.30. The van der Waals surface area contributed by atoms with Crippen LogP contribution in [0.4, 0.5) is 5.82 Å². The van der Waals surface area contributed by atoms with Gasteiger partial charge in [-0.05, 0) is 30.5 Å². The van der Waals surface area contributed by atoms with E-state index in [0.717, 1.165) is 30.9 Å². The van der Waals surface area contributed by atoms with Crippen molar-refractivity contribution in [1.82, 2.24) is 15.5 Å². The molecule has 3 rings (SSSR count). The molecule has 2 heterocycles. The maximum Gasteiger partial charge on any atom is 0.151 e. The van der Waals surface area contributed by atoms with E-state index >= 15 is 0 Å². The summed E-state index contributed by atoms with van der Waals surface area (Å²) in [5.74, 6) is 0.940. The van der Waals surface area contributed by atoms with Gasteiger partial charge in [0.1, 0.15) is 0 Å². The Morgan fingerprint density at radius 2 is 2.09 bits per heavy atom. The number of aliphatic hydroxyl groups is 1. The van der Waals surface area contributed by atoms with E-state index in [9.17, 15) is 5.11 Å². The number of rotatable bonds is 6. The normalized spacial score (nSPS) is 19.3. The first-order valence-electron chi connectivity index (χ1n) is 7.82. The van der Waals surface area contributed by atoms with Gasteiger partial charge in [0.15, 0.2) is 5.82 Å². The fraction of sp³-hybridized carbons (Fsp3) is 0.412. The zero-order valence-corrected chi connectivity index (χ0v) is 12.6. The lowest BCUT2D eigenvalue weighted by molar-refractivity contribution is 0.174. The molecule has 22 heavy (non-hydrogen) atoms. The summed E-state index contributed by atoms with van der Waals surface area (Å²) in [6.07, 6.45) is 3.55. The van der Waals surface area contributed by atoms with Crippen molar-refractivity contribution < 1.29 is 5.11 Å². The highest BCUT2D eigenvalue weighted by atomic mass is 16.3. The average molecular weight is 298 g/mol. The first-order chi connectivity index (χ1) is 10.8. The topological polar surface area (TPSA) is 61.3 Å². The molecule has 1 fully saturated rings. The average Bonchev–Trinajstić information content (AvgIpc) is 3.05. The number of aromatic nitrogens is 2. The van der Waals surface area contributed by atoms with Crippen molar-refractivity contribution in [2.75, 3.05) is 24.5 Å². The van der Waals surface area contributed by atoms with Crippen LogP contribution in [0.15, 0.2) is 48.7 Å². The van der Waals surface area contributed by atoms with Crippen LogP contribution >= 0.6 is 0 Å². The Labute approximate surface area is 131 Å². The Hall–Kier alpha value is -1.98. The monoisotopic (exact) mass is 298 g/mol. The molecule has 116 valence electrons. The van der Waals surface area contributed by atoms with Crippen LogP contribution in [-0.2, 0) is 0 Å². The van der Waals surface area contributed by atoms with Crippen molar-refractivity contribution in [2.24, 2.45) is 0 Å². The van der Waals surface area contributed by atoms with Crippen LogP contribution in [0.25, 0.3) is 0 Å². The fourth-order valence-electron chi connectivity index (χ4n) is 2.98. The van der Waals surface area contributed by atoms with E-state index in [-0.39, 0.29) is 0 Å². The summed E-state index contributed by atoms with van der Waals surface area (Å²) < 4.78 is 0. The molecule has 0 bridgehead atoms. The van der Waals surface area contributed by atoms with Gasteiger partial charge in [-0.15, -0.1) is 5.10 Å². The predicted octanol–water partition coefficient (Wildman–Crippen LogP) is 1.77. The van der Waals surface area contributed by atoms with Crippen molar-refractivity contribution >= 4 is 5.82 Å². The first-order valence-corrected chi connectivity index (χ1v) is 7.82. The summed E-state index contributed by atoms with van der Waals surface area (Å²) >= 11 is 0. The van der Waals surface area contributed by atoms with E-state index in [1.165, 1.54) is 6.42 Å². The number of hydrogen-bond acceptors (Lipinski definition) is 5. The van der Waals surface area contributed by atoms with E-state index in [2.05, 4.69) is 20.4 Å². The van der Waals surface area contributed by atoms with Crippen molar-refractivity contribution in [1.29, 1.82) is 0 Å². The lowest BCUT2D eigenvalue weighted by Crippen LogP contribution is -2.39. The van der Waals surface area contributed by atoms with Gasteiger partial charge in [0.25, 0.3) is 0 Å². The second kappa shape index (κ2) is 7.33. The first kappa shape index (κ1) is 14.9. The molecule has 5 heteroatoms. The summed E-state index contributed by atoms with van der Waals surface area (Å²) in [6, 6.07) is 14.1. The molecule has 2 atom stereocenters. The molecular weight excluding hydrogens is 276 g/mol. The maximum absolute atomic E-state index is 10.2. The van der Waals surface area contributed by atoms with Crippen LogP contribution in [0.2, 0.25) is 0 Å². The van der Waals surface area contributed by atoms with Crippen molar-refractivity contribution in [3.8, 4) is 0 Å². The Balaban J connectivity index is 1.51. The van der Waals surface area contributed by atoms with Crippen LogP contribution in [0.1, 0.15) is 24.5 Å². The Morgan fingerprint density at radius 1 is 1.23 bits per heavy atom. The second-order valence-electron chi connectivity index (χ2n) is 5.66. The van der Waals surface area contributed by atoms with Gasteiger partial charge < -0.3 is 15.3 Å². The standard InChI is InChI=1S/C17H22N4O/c22-16(14-6-2-1-3-7-14)13-18-12-15-8-5-11-21(15)17-9-4-10-19-20-17/h1-4,6-7,9-10,15-16,18,22H,5,8,11-13H2/t15-,16+/m1/s1. The molecule has 1 aromatic heterocycles. The molecule has 2 aromatic rings. The number of anilines is 1. The van der Waals surface area contributed by atoms with E-state index < -0.39 is 6.10 Å². The number of hydrogen-bond donors (Lipinski definition) is 2. The van der Waals surface area contributed by atoms with Gasteiger partial charge >= 0.3 is 0 Å². The molecule has 1 aliphatic heterocycles. The molecule has 1 aliphatic rings. The summed E-state index contributed by atoms with van der Waals surface area (Å²) in [5, 5.41) is 21.7. The molecule has 1 aromatic carbocycles. The molecular formula is C17H22N4O. The van der Waals surface area contributed by atoms with Crippen molar-refractivity contribution in [3.63, 3.8) is 0 Å². The van der Waals surface area contributed by atoms with Crippen molar-refractivity contribution in [2.45, 2.75) is 25.0 Å². The van der Waals surface area contributed by atoms with Gasteiger partial charge in [0.2, 0.25) is 0 Å². The lowest BCUT2D eigenvalue weighted by Gasteiger charge is -2.26. The van der Waals surface area contributed by atoms with Gasteiger partial charge in [0, 0.05) is 31.9 Å². The predicted molar refractivity (Wildman–Crippen MR) is 86.7 cm³/mol. The molecule has 0 radical (unpaired) electrons. The Bertz CT molecular complexity index is 563. The molecule has 0 aliphatic carbocycles. The minimum atomic E-state index is -0.465. The molecule has 1 saturated heterocycles. The molecule has 0 saturated carbocycles. The van der Waals surface area contributed by atoms with E-state index in [1.54, 1.807) is 6.20 Å². The van der Waals surface area contributed by atoms with Crippen LogP contribution in [-0.4, -0.2) is 41.0 Å². The van der Waals surface area contributed by atoms with Crippen molar-refractivity contribution in [3.05, 3.63) is 54.2 Å². The van der Waals surface area contributed by atoms with Crippen LogP contribution in [0, 0.1) is 0 Å². The third-order valence-electron chi connectivity index (χ3n) is 4.13. The minimum absolute atomic E-state index is 0.416. The number of aliphatic hydroxyl groups excluding tert-OH is 1.